The van der Waals surface area contributed by atoms with Crippen LogP contribution in [0.25, 0.3) is 0 Å². The molecule has 1 aromatic carbocycles. The van der Waals surface area contributed by atoms with Crippen molar-refractivity contribution in [2.24, 2.45) is 0 Å². The number of nitrogens with zero attached hydrogens (tertiary/aromatic N) is 3. The first kappa shape index (κ1) is 23.8. The van der Waals surface area contributed by atoms with E-state index in [1.54, 1.807) is 30.3 Å². The zero-order valence-corrected chi connectivity index (χ0v) is 17.7. The summed E-state index contributed by atoms with van der Waals surface area (Å²) < 4.78 is 39.8. The number of pyridine rings is 1. The molecule has 0 unspecified atom stereocenters. The molecule has 11 heteroatoms. The Bertz CT molecular complexity index is 1240. The number of amides is 1. The highest BCUT2D eigenvalue weighted by Crippen LogP contribution is 2.28. The van der Waals surface area contributed by atoms with Crippen molar-refractivity contribution in [3.63, 3.8) is 0 Å². The summed E-state index contributed by atoms with van der Waals surface area (Å²) in [5, 5.41) is 0. The number of aromatic amines is 1. The van der Waals surface area contributed by atoms with Gasteiger partial charge in [-0.15, -0.1) is 0 Å². The predicted octanol–water partition coefficient (Wildman–Crippen LogP) is 3.18. The minimum absolute atomic E-state index is 0.111. The van der Waals surface area contributed by atoms with Crippen molar-refractivity contribution in [1.29, 1.82) is 0 Å². The zero-order valence-electron chi connectivity index (χ0n) is 17.7. The summed E-state index contributed by atoms with van der Waals surface area (Å²) in [5.74, 6) is -1.00. The van der Waals surface area contributed by atoms with Crippen LogP contribution < -0.4 is 21.9 Å². The Hall–Kier alpha value is -3.89. The van der Waals surface area contributed by atoms with Crippen molar-refractivity contribution in [2.45, 2.75) is 39.0 Å². The monoisotopic (exact) mass is 461 g/mol. The Morgan fingerprint density at radius 3 is 2.42 bits per heavy atom. The van der Waals surface area contributed by atoms with Crippen molar-refractivity contribution >= 4 is 17.4 Å². The van der Waals surface area contributed by atoms with Gasteiger partial charge in [0, 0.05) is 12.7 Å². The molecule has 8 nitrogen and oxygen atoms in total. The second kappa shape index (κ2) is 9.72. The van der Waals surface area contributed by atoms with Gasteiger partial charge in [-0.3, -0.25) is 29.0 Å². The lowest BCUT2D eigenvalue weighted by Gasteiger charge is -2.25. The van der Waals surface area contributed by atoms with E-state index in [-0.39, 0.29) is 30.2 Å². The Labute approximate surface area is 186 Å². The number of hydrogen-bond donors (Lipinski definition) is 2. The van der Waals surface area contributed by atoms with Crippen molar-refractivity contribution in [1.82, 2.24) is 14.5 Å². The third kappa shape index (κ3) is 5.30. The van der Waals surface area contributed by atoms with Gasteiger partial charge in [0.2, 0.25) is 0 Å². The van der Waals surface area contributed by atoms with Gasteiger partial charge < -0.3 is 5.73 Å². The van der Waals surface area contributed by atoms with E-state index in [0.717, 1.165) is 28.2 Å². The molecular formula is C22H22F3N5O3. The van der Waals surface area contributed by atoms with Gasteiger partial charge in [0.15, 0.2) is 5.69 Å². The summed E-state index contributed by atoms with van der Waals surface area (Å²) >= 11 is 0. The van der Waals surface area contributed by atoms with Crippen molar-refractivity contribution in [2.75, 3.05) is 10.6 Å². The molecule has 1 amide bonds. The van der Waals surface area contributed by atoms with E-state index in [4.69, 9.17) is 5.73 Å². The third-order valence-electron chi connectivity index (χ3n) is 4.95. The fourth-order valence-corrected chi connectivity index (χ4v) is 3.24. The number of aromatic nitrogens is 3. The maximum Gasteiger partial charge on any atom is 0.433 e. The predicted molar refractivity (Wildman–Crippen MR) is 117 cm³/mol. The molecule has 2 heterocycles. The highest BCUT2D eigenvalue weighted by atomic mass is 19.4. The summed E-state index contributed by atoms with van der Waals surface area (Å²) in [6.07, 6.45) is -2.52. The molecule has 3 N–H and O–H groups in total. The smallest absolute Gasteiger partial charge is 0.383 e. The van der Waals surface area contributed by atoms with E-state index in [1.165, 1.54) is 0 Å². The largest absolute Gasteiger partial charge is 0.433 e. The molecule has 0 spiro atoms. The van der Waals surface area contributed by atoms with E-state index in [9.17, 15) is 27.6 Å². The van der Waals surface area contributed by atoms with Crippen LogP contribution in [0.1, 0.15) is 41.4 Å². The number of anilines is 2. The quantitative estimate of drug-likeness (QED) is 0.561. The number of alkyl halides is 3. The first-order chi connectivity index (χ1) is 15.6. The third-order valence-corrected chi connectivity index (χ3v) is 4.95. The van der Waals surface area contributed by atoms with Gasteiger partial charge in [0.25, 0.3) is 11.5 Å². The van der Waals surface area contributed by atoms with E-state index in [2.05, 4.69) is 9.97 Å². The van der Waals surface area contributed by atoms with Crippen LogP contribution in [0.5, 0.6) is 0 Å². The number of benzene rings is 1. The number of hydrogen-bond acceptors (Lipinski definition) is 5. The number of nitrogens with two attached hydrogens (primary N) is 1. The molecular weight excluding hydrogens is 439 g/mol. The van der Waals surface area contributed by atoms with Crippen LogP contribution in [0.15, 0.2) is 58.3 Å². The van der Waals surface area contributed by atoms with Crippen molar-refractivity contribution < 1.29 is 18.0 Å². The fourth-order valence-electron chi connectivity index (χ4n) is 3.24. The normalized spacial score (nSPS) is 11.4. The number of H-pyrrole nitrogens is 1. The molecule has 174 valence electrons. The Morgan fingerprint density at radius 1 is 1.15 bits per heavy atom. The number of unbranched alkanes of at least 4 members (excludes halogenated alkanes) is 1. The van der Waals surface area contributed by atoms with Crippen molar-refractivity contribution in [3.8, 4) is 0 Å². The van der Waals surface area contributed by atoms with Crippen LogP contribution in [0.2, 0.25) is 0 Å². The Kier molecular flexibility index (Phi) is 7.00. The molecule has 0 saturated heterocycles. The minimum atomic E-state index is -4.67. The maximum atomic E-state index is 13.3. The van der Waals surface area contributed by atoms with Crippen LogP contribution in [0, 0.1) is 0 Å². The van der Waals surface area contributed by atoms with Crippen LogP contribution in [0.3, 0.4) is 0 Å². The number of carbonyl (C=O) groups excluding carboxylic acids is 1. The minimum Gasteiger partial charge on any atom is -0.383 e. The molecule has 0 aliphatic heterocycles. The Balaban J connectivity index is 2.12. The molecule has 0 fully saturated rings. The average molecular weight is 461 g/mol. The summed E-state index contributed by atoms with van der Waals surface area (Å²) in [6.45, 7) is 2.02. The first-order valence-corrected chi connectivity index (χ1v) is 10.1. The lowest BCUT2D eigenvalue weighted by Crippen LogP contribution is -2.41. The second-order valence-electron chi connectivity index (χ2n) is 7.31. The van der Waals surface area contributed by atoms with Gasteiger partial charge in [0.05, 0.1) is 12.1 Å². The molecule has 0 radical (unpaired) electrons. The zero-order chi connectivity index (χ0) is 24.2. The highest BCUT2D eigenvalue weighted by Gasteiger charge is 2.33. The molecule has 3 rings (SSSR count). The van der Waals surface area contributed by atoms with Gasteiger partial charge in [-0.25, -0.2) is 4.79 Å². The van der Waals surface area contributed by atoms with E-state index in [0.29, 0.717) is 18.1 Å². The van der Waals surface area contributed by atoms with Gasteiger partial charge >= 0.3 is 11.9 Å². The molecule has 0 saturated carbocycles. The molecule has 0 aliphatic rings. The topological polar surface area (TPSA) is 114 Å². The van der Waals surface area contributed by atoms with E-state index < -0.39 is 29.0 Å². The molecule has 3 aromatic rings. The van der Waals surface area contributed by atoms with Gasteiger partial charge in [-0.05, 0) is 24.1 Å². The van der Waals surface area contributed by atoms with Gasteiger partial charge in [0.1, 0.15) is 11.5 Å². The lowest BCUT2D eigenvalue weighted by atomic mass is 10.1. The average Bonchev–Trinajstić information content (AvgIpc) is 2.78. The number of nitrogen functional groups attached to an aromatic ring is 1. The van der Waals surface area contributed by atoms with Gasteiger partial charge in [-0.2, -0.15) is 13.2 Å². The van der Waals surface area contributed by atoms with Crippen LogP contribution in [-0.4, -0.2) is 20.4 Å². The highest BCUT2D eigenvalue weighted by molar-refractivity contribution is 6.07. The summed E-state index contributed by atoms with van der Waals surface area (Å²) in [5.41, 5.74) is 3.61. The fraction of sp³-hybridized carbons (Fsp3) is 0.273. The first-order valence-electron chi connectivity index (χ1n) is 10.1. The lowest BCUT2D eigenvalue weighted by molar-refractivity contribution is -0.141. The van der Waals surface area contributed by atoms with Crippen molar-refractivity contribution in [3.05, 3.63) is 86.3 Å². The molecule has 2 aromatic heterocycles. The number of carbonyl (C=O) groups is 1. The second-order valence-corrected chi connectivity index (χ2v) is 7.31. The number of nitrogens with one attached hydrogen (secondary N) is 1. The summed E-state index contributed by atoms with van der Waals surface area (Å²) in [7, 11) is 0. The Morgan fingerprint density at radius 2 is 1.85 bits per heavy atom. The van der Waals surface area contributed by atoms with Crippen LogP contribution in [-0.2, 0) is 19.3 Å². The van der Waals surface area contributed by atoms with Crippen LogP contribution in [0.4, 0.5) is 24.7 Å². The number of rotatable bonds is 7. The standard InChI is InChI=1S/C22H22F3N5O3/c1-2-3-11-29-18(26)17(19(31)28-21(29)33)30(13-14-7-5-4-6-8-14)20(32)15-9-10-16(27-12-15)22(23,24)25/h4-10,12H,2-3,11,13,26H2,1H3,(H,28,31,33). The maximum absolute atomic E-state index is 13.3. The molecule has 0 atom stereocenters. The van der Waals surface area contributed by atoms with Crippen LogP contribution >= 0.6 is 0 Å². The SMILES string of the molecule is CCCCn1c(N)c(N(Cc2ccccc2)C(=O)c2ccc(C(F)(F)F)nc2)c(=O)[nH]c1=O. The summed E-state index contributed by atoms with van der Waals surface area (Å²) in [4.78, 5) is 44.9. The molecule has 0 aliphatic carbocycles. The summed E-state index contributed by atoms with van der Waals surface area (Å²) in [6, 6.07) is 10.3. The van der Waals surface area contributed by atoms with Gasteiger partial charge in [-0.1, -0.05) is 43.7 Å². The van der Waals surface area contributed by atoms with E-state index in [1.807, 2.05) is 6.92 Å². The number of halogens is 3. The van der Waals surface area contributed by atoms with E-state index >= 15 is 0 Å². The molecule has 33 heavy (non-hydrogen) atoms. The molecule has 0 bridgehead atoms.